The van der Waals surface area contributed by atoms with Crippen molar-refractivity contribution in [3.63, 3.8) is 0 Å². The van der Waals surface area contributed by atoms with Gasteiger partial charge in [0, 0.05) is 6.20 Å². The summed E-state index contributed by atoms with van der Waals surface area (Å²) in [6.07, 6.45) is 1.32. The summed E-state index contributed by atoms with van der Waals surface area (Å²) in [5.74, 6) is -0.764. The van der Waals surface area contributed by atoms with E-state index in [1.165, 1.54) is 18.3 Å². The Balaban J connectivity index is 0.00000169. The van der Waals surface area contributed by atoms with Gasteiger partial charge in [0.25, 0.3) is 0 Å². The maximum Gasteiger partial charge on any atom is 1.00 e. The van der Waals surface area contributed by atoms with E-state index in [1.807, 2.05) is 0 Å². The molecule has 0 fully saturated rings. The maximum atomic E-state index is 11.0. The fourth-order valence-corrected chi connectivity index (χ4v) is 1.26. The molecule has 1 aromatic rings. The number of hydrogen-bond acceptors (Lipinski definition) is 5. The Bertz CT molecular complexity index is 357. The molecule has 0 saturated carbocycles. The van der Waals surface area contributed by atoms with Crippen LogP contribution in [0.3, 0.4) is 0 Å². The second-order valence-corrected chi connectivity index (χ2v) is 2.99. The molecule has 5 nitrogen and oxygen atoms in total. The van der Waals surface area contributed by atoms with Crippen LogP contribution in [0.25, 0.3) is 0 Å². The van der Waals surface area contributed by atoms with E-state index < -0.39 is 17.0 Å². The average Bonchev–Trinajstić information content (AvgIpc) is 2.16. The van der Waals surface area contributed by atoms with Crippen molar-refractivity contribution in [3.8, 4) is 0 Å². The molecule has 0 aliphatic heterocycles. The molecule has 0 saturated heterocycles. The SMILES string of the molecule is COC(=O)c1ncccc1S(=O)[O-].[Na+]. The van der Waals surface area contributed by atoms with Gasteiger partial charge < -0.3 is 9.29 Å². The molecule has 0 spiro atoms. The Kier molecular flexibility index (Phi) is 6.14. The number of hydrogen-bond donors (Lipinski definition) is 0. The van der Waals surface area contributed by atoms with Crippen molar-refractivity contribution in [2.24, 2.45) is 0 Å². The Morgan fingerprint density at radius 3 is 2.79 bits per heavy atom. The molecule has 0 aliphatic rings. The third-order valence-electron chi connectivity index (χ3n) is 1.33. The first-order valence-electron chi connectivity index (χ1n) is 3.29. The van der Waals surface area contributed by atoms with Gasteiger partial charge in [0.05, 0.1) is 12.0 Å². The van der Waals surface area contributed by atoms with E-state index in [1.54, 1.807) is 0 Å². The number of methoxy groups -OCH3 is 1. The molecule has 0 N–H and O–H groups in total. The van der Waals surface area contributed by atoms with Gasteiger partial charge in [-0.15, -0.1) is 0 Å². The molecule has 0 bridgehead atoms. The second-order valence-electron chi connectivity index (χ2n) is 2.08. The standard InChI is InChI=1S/C7H7NO4S.Na/c1-12-7(9)6-5(13(10)11)3-2-4-8-6;/h2-4H,1H3,(H,10,11);/q;+1/p-1. The zero-order valence-electron chi connectivity index (χ0n) is 7.72. The third kappa shape index (κ3) is 3.14. The van der Waals surface area contributed by atoms with Crippen molar-refractivity contribution in [3.05, 3.63) is 24.0 Å². The number of ether oxygens (including phenoxy) is 1. The number of esters is 1. The monoisotopic (exact) mass is 223 g/mol. The van der Waals surface area contributed by atoms with Gasteiger partial charge in [0.15, 0.2) is 5.69 Å². The van der Waals surface area contributed by atoms with Gasteiger partial charge in [-0.1, -0.05) is 0 Å². The molecule has 1 heterocycles. The predicted octanol–water partition coefficient (Wildman–Crippen LogP) is -2.89. The van der Waals surface area contributed by atoms with Crippen LogP contribution in [-0.2, 0) is 15.8 Å². The van der Waals surface area contributed by atoms with Crippen molar-refractivity contribution >= 4 is 17.0 Å². The van der Waals surface area contributed by atoms with Gasteiger partial charge in [-0.05, 0) is 23.2 Å². The normalized spacial score (nSPS) is 11.3. The van der Waals surface area contributed by atoms with Gasteiger partial charge in [0.1, 0.15) is 0 Å². The molecule has 1 aromatic heterocycles. The number of pyridine rings is 1. The number of aromatic nitrogens is 1. The van der Waals surface area contributed by atoms with Crippen LogP contribution in [0.4, 0.5) is 0 Å². The predicted molar refractivity (Wildman–Crippen MR) is 42.8 cm³/mol. The van der Waals surface area contributed by atoms with Crippen molar-refractivity contribution < 1.29 is 47.9 Å². The molecule has 0 amide bonds. The summed E-state index contributed by atoms with van der Waals surface area (Å²) in [6, 6.07) is 2.71. The van der Waals surface area contributed by atoms with E-state index in [4.69, 9.17) is 0 Å². The van der Waals surface area contributed by atoms with E-state index in [0.717, 1.165) is 7.11 Å². The first-order chi connectivity index (χ1) is 6.16. The molecular weight excluding hydrogens is 217 g/mol. The number of carbonyl (C=O) groups excluding carboxylic acids is 1. The van der Waals surface area contributed by atoms with Crippen LogP contribution >= 0.6 is 0 Å². The van der Waals surface area contributed by atoms with Crippen LogP contribution in [0.1, 0.15) is 10.5 Å². The van der Waals surface area contributed by atoms with Gasteiger partial charge in [0.2, 0.25) is 0 Å². The number of carbonyl (C=O) groups is 1. The first-order valence-corrected chi connectivity index (χ1v) is 4.37. The van der Waals surface area contributed by atoms with Crippen LogP contribution in [0, 0.1) is 0 Å². The summed E-state index contributed by atoms with van der Waals surface area (Å²) >= 11 is -2.48. The molecular formula is C7H6NNaO4S. The van der Waals surface area contributed by atoms with E-state index in [-0.39, 0.29) is 40.1 Å². The zero-order chi connectivity index (χ0) is 9.84. The van der Waals surface area contributed by atoms with Crippen LogP contribution < -0.4 is 29.6 Å². The molecule has 1 rings (SSSR count). The fraction of sp³-hybridized carbons (Fsp3) is 0.143. The number of nitrogens with zero attached hydrogens (tertiary/aromatic N) is 1. The van der Waals surface area contributed by atoms with Gasteiger partial charge in [-0.2, -0.15) is 0 Å². The van der Waals surface area contributed by atoms with Gasteiger partial charge in [-0.25, -0.2) is 9.78 Å². The van der Waals surface area contributed by atoms with Gasteiger partial charge in [-0.3, -0.25) is 4.21 Å². The number of rotatable bonds is 2. The Hall–Kier alpha value is -0.270. The Morgan fingerprint density at radius 2 is 2.29 bits per heavy atom. The van der Waals surface area contributed by atoms with E-state index in [2.05, 4.69) is 9.72 Å². The topological polar surface area (TPSA) is 79.3 Å². The summed E-state index contributed by atoms with van der Waals surface area (Å²) < 4.78 is 25.5. The Morgan fingerprint density at radius 1 is 1.64 bits per heavy atom. The van der Waals surface area contributed by atoms with Crippen molar-refractivity contribution in [1.29, 1.82) is 0 Å². The minimum absolute atomic E-state index is 0. The average molecular weight is 223 g/mol. The van der Waals surface area contributed by atoms with Crippen LogP contribution in [-0.4, -0.2) is 26.8 Å². The summed E-state index contributed by atoms with van der Waals surface area (Å²) in [5.41, 5.74) is -0.196. The van der Waals surface area contributed by atoms with Gasteiger partial charge >= 0.3 is 35.5 Å². The molecule has 14 heavy (non-hydrogen) atoms. The summed E-state index contributed by atoms with van der Waals surface area (Å²) in [5, 5.41) is 0. The van der Waals surface area contributed by atoms with E-state index >= 15 is 0 Å². The minimum Gasteiger partial charge on any atom is -0.768 e. The largest absolute Gasteiger partial charge is 1.00 e. The smallest absolute Gasteiger partial charge is 0.768 e. The summed E-state index contributed by atoms with van der Waals surface area (Å²) in [6.45, 7) is 0. The van der Waals surface area contributed by atoms with Crippen LogP contribution in [0.15, 0.2) is 23.2 Å². The van der Waals surface area contributed by atoms with Crippen molar-refractivity contribution in [2.45, 2.75) is 4.90 Å². The van der Waals surface area contributed by atoms with Crippen LogP contribution in [0.5, 0.6) is 0 Å². The quantitative estimate of drug-likeness (QED) is 0.305. The molecule has 70 valence electrons. The molecule has 7 heteroatoms. The van der Waals surface area contributed by atoms with Crippen LogP contribution in [0.2, 0.25) is 0 Å². The molecule has 0 aliphatic carbocycles. The zero-order valence-corrected chi connectivity index (χ0v) is 10.5. The summed E-state index contributed by atoms with van der Waals surface area (Å²) in [7, 11) is 1.16. The second kappa shape index (κ2) is 6.26. The maximum absolute atomic E-state index is 11.0. The summed E-state index contributed by atoms with van der Waals surface area (Å²) in [4.78, 5) is 14.4. The first kappa shape index (κ1) is 13.7. The van der Waals surface area contributed by atoms with E-state index in [0.29, 0.717) is 0 Å². The Labute approximate surface area is 105 Å². The molecule has 0 radical (unpaired) electrons. The minimum atomic E-state index is -2.48. The third-order valence-corrected chi connectivity index (χ3v) is 2.02. The molecule has 1 atom stereocenters. The van der Waals surface area contributed by atoms with Crippen molar-refractivity contribution in [1.82, 2.24) is 4.98 Å². The molecule has 0 aromatic carbocycles. The molecule has 1 unspecified atom stereocenters. The fourth-order valence-electron chi connectivity index (χ4n) is 0.775. The van der Waals surface area contributed by atoms with Crippen molar-refractivity contribution in [2.75, 3.05) is 7.11 Å². The van der Waals surface area contributed by atoms with E-state index in [9.17, 15) is 13.6 Å².